The fraction of sp³-hybridized carbons (Fsp3) is 0.130. The highest BCUT2D eigenvalue weighted by Gasteiger charge is 2.34. The first-order chi connectivity index (χ1) is 13.2. The van der Waals surface area contributed by atoms with Crippen LogP contribution in [0.4, 0.5) is 0 Å². The molecule has 0 spiro atoms. The van der Waals surface area contributed by atoms with Gasteiger partial charge < -0.3 is 10.1 Å². The van der Waals surface area contributed by atoms with E-state index in [1.165, 1.54) is 0 Å². The van der Waals surface area contributed by atoms with E-state index in [1.807, 2.05) is 72.8 Å². The van der Waals surface area contributed by atoms with Crippen LogP contribution >= 0.6 is 0 Å². The van der Waals surface area contributed by atoms with E-state index in [2.05, 4.69) is 5.32 Å². The van der Waals surface area contributed by atoms with Gasteiger partial charge in [-0.25, -0.2) is 0 Å². The van der Waals surface area contributed by atoms with Crippen molar-refractivity contribution in [3.05, 3.63) is 101 Å². The van der Waals surface area contributed by atoms with Gasteiger partial charge in [-0.2, -0.15) is 0 Å². The lowest BCUT2D eigenvalue weighted by atomic mass is 9.91. The summed E-state index contributed by atoms with van der Waals surface area (Å²) in [6, 6.07) is 24.9. The Morgan fingerprint density at radius 3 is 2.33 bits per heavy atom. The Balaban J connectivity index is 1.49. The maximum atomic E-state index is 12.3. The Kier molecular flexibility index (Phi) is 4.71. The van der Waals surface area contributed by atoms with Crippen molar-refractivity contribution in [3.8, 4) is 5.75 Å². The van der Waals surface area contributed by atoms with Crippen LogP contribution in [0.5, 0.6) is 5.75 Å². The molecule has 4 nitrogen and oxygen atoms in total. The number of carbonyl (C=O) groups is 2. The van der Waals surface area contributed by atoms with Crippen molar-refractivity contribution < 1.29 is 14.3 Å². The minimum atomic E-state index is -0.437. The second kappa shape index (κ2) is 7.46. The van der Waals surface area contributed by atoms with Gasteiger partial charge in [0.05, 0.1) is 6.42 Å². The molecule has 1 amide bonds. The zero-order valence-electron chi connectivity index (χ0n) is 14.7. The van der Waals surface area contributed by atoms with Crippen LogP contribution in [0.15, 0.2) is 78.9 Å². The number of benzene rings is 3. The van der Waals surface area contributed by atoms with Crippen LogP contribution < -0.4 is 10.1 Å². The SMILES string of the molecule is O=C(Cc1ccc2c(c1)C(c1ccccc1)C(=O)O2)NCc1ccccc1. The maximum Gasteiger partial charge on any atom is 0.323 e. The van der Waals surface area contributed by atoms with Crippen molar-refractivity contribution in [3.63, 3.8) is 0 Å². The Morgan fingerprint density at radius 1 is 0.889 bits per heavy atom. The summed E-state index contributed by atoms with van der Waals surface area (Å²) in [5.74, 6) is -0.196. The second-order valence-corrected chi connectivity index (χ2v) is 6.58. The zero-order valence-corrected chi connectivity index (χ0v) is 14.7. The zero-order chi connectivity index (χ0) is 18.6. The average molecular weight is 357 g/mol. The van der Waals surface area contributed by atoms with Gasteiger partial charge in [0.25, 0.3) is 0 Å². The third-order valence-electron chi connectivity index (χ3n) is 4.66. The highest BCUT2D eigenvalue weighted by atomic mass is 16.5. The van der Waals surface area contributed by atoms with Crippen molar-refractivity contribution >= 4 is 11.9 Å². The Bertz CT molecular complexity index is 967. The van der Waals surface area contributed by atoms with E-state index in [9.17, 15) is 9.59 Å². The number of ether oxygens (including phenoxy) is 1. The highest BCUT2D eigenvalue weighted by molar-refractivity contribution is 5.89. The molecule has 134 valence electrons. The van der Waals surface area contributed by atoms with E-state index in [-0.39, 0.29) is 18.3 Å². The molecule has 1 aliphatic rings. The van der Waals surface area contributed by atoms with Crippen molar-refractivity contribution in [1.29, 1.82) is 0 Å². The van der Waals surface area contributed by atoms with E-state index in [0.717, 1.165) is 22.3 Å². The molecule has 0 fully saturated rings. The minimum Gasteiger partial charge on any atom is -0.425 e. The quantitative estimate of drug-likeness (QED) is 0.561. The van der Waals surface area contributed by atoms with Crippen molar-refractivity contribution in [2.75, 3.05) is 0 Å². The molecule has 0 aromatic heterocycles. The molecule has 4 rings (SSSR count). The molecule has 1 heterocycles. The molecule has 1 aliphatic heterocycles. The maximum absolute atomic E-state index is 12.3. The van der Waals surface area contributed by atoms with Crippen LogP contribution in [0.2, 0.25) is 0 Å². The summed E-state index contributed by atoms with van der Waals surface area (Å²) in [7, 11) is 0. The lowest BCUT2D eigenvalue weighted by molar-refractivity contribution is -0.133. The minimum absolute atomic E-state index is 0.0553. The fourth-order valence-corrected chi connectivity index (χ4v) is 3.33. The van der Waals surface area contributed by atoms with Gasteiger partial charge in [-0.3, -0.25) is 9.59 Å². The molecule has 3 aromatic carbocycles. The summed E-state index contributed by atoms with van der Waals surface area (Å²) in [5, 5.41) is 2.93. The second-order valence-electron chi connectivity index (χ2n) is 6.58. The molecule has 27 heavy (non-hydrogen) atoms. The van der Waals surface area contributed by atoms with Gasteiger partial charge in [0.2, 0.25) is 5.91 Å². The molecular formula is C23H19NO3. The standard InChI is InChI=1S/C23H19NO3/c25-21(24-15-16-7-3-1-4-8-16)14-17-11-12-20-19(13-17)22(23(26)27-20)18-9-5-2-6-10-18/h1-13,22H,14-15H2,(H,24,25). The number of nitrogens with one attached hydrogen (secondary N) is 1. The van der Waals surface area contributed by atoms with Crippen LogP contribution in [0.3, 0.4) is 0 Å². The van der Waals surface area contributed by atoms with Crippen LogP contribution in [-0.4, -0.2) is 11.9 Å². The number of hydrogen-bond acceptors (Lipinski definition) is 3. The van der Waals surface area contributed by atoms with Gasteiger partial charge >= 0.3 is 5.97 Å². The van der Waals surface area contributed by atoms with Crippen LogP contribution in [-0.2, 0) is 22.6 Å². The number of rotatable bonds is 5. The summed E-state index contributed by atoms with van der Waals surface area (Å²) in [5.41, 5.74) is 3.63. The molecule has 4 heteroatoms. The van der Waals surface area contributed by atoms with Gasteiger partial charge in [0, 0.05) is 12.1 Å². The Morgan fingerprint density at radius 2 is 1.59 bits per heavy atom. The summed E-state index contributed by atoms with van der Waals surface area (Å²) < 4.78 is 5.40. The van der Waals surface area contributed by atoms with Crippen molar-refractivity contribution in [2.45, 2.75) is 18.9 Å². The molecule has 0 saturated carbocycles. The van der Waals surface area contributed by atoms with Crippen LogP contribution in [0, 0.1) is 0 Å². The third kappa shape index (κ3) is 3.75. The fourth-order valence-electron chi connectivity index (χ4n) is 3.33. The number of amides is 1. The summed E-state index contributed by atoms with van der Waals surface area (Å²) in [6.07, 6.45) is 0.260. The van der Waals surface area contributed by atoms with Gasteiger partial charge in [0.15, 0.2) is 0 Å². The number of esters is 1. The molecule has 0 aliphatic carbocycles. The topological polar surface area (TPSA) is 55.4 Å². The smallest absolute Gasteiger partial charge is 0.323 e. The molecule has 0 saturated heterocycles. The van der Waals surface area contributed by atoms with Gasteiger partial charge in [-0.05, 0) is 22.8 Å². The van der Waals surface area contributed by atoms with Crippen LogP contribution in [0.25, 0.3) is 0 Å². The number of fused-ring (bicyclic) bond motifs is 1. The molecule has 0 bridgehead atoms. The molecule has 3 aromatic rings. The Labute approximate surface area is 157 Å². The molecule has 0 radical (unpaired) electrons. The van der Waals surface area contributed by atoms with Crippen LogP contribution in [0.1, 0.15) is 28.2 Å². The summed E-state index contributed by atoms with van der Waals surface area (Å²) in [4.78, 5) is 24.6. The van der Waals surface area contributed by atoms with Gasteiger partial charge in [0.1, 0.15) is 11.7 Å². The molecule has 1 atom stereocenters. The monoisotopic (exact) mass is 357 g/mol. The predicted octanol–water partition coefficient (Wildman–Crippen LogP) is 3.60. The molecular weight excluding hydrogens is 338 g/mol. The van der Waals surface area contributed by atoms with Crippen molar-refractivity contribution in [1.82, 2.24) is 5.32 Å². The van der Waals surface area contributed by atoms with Gasteiger partial charge in [-0.1, -0.05) is 72.8 Å². The lowest BCUT2D eigenvalue weighted by Crippen LogP contribution is -2.24. The van der Waals surface area contributed by atoms with E-state index in [0.29, 0.717) is 12.3 Å². The van der Waals surface area contributed by atoms with E-state index in [1.54, 1.807) is 6.07 Å². The summed E-state index contributed by atoms with van der Waals surface area (Å²) in [6.45, 7) is 0.499. The molecule has 1 unspecified atom stereocenters. The Hall–Kier alpha value is -3.40. The first-order valence-corrected chi connectivity index (χ1v) is 8.91. The normalized spacial score (nSPS) is 15.1. The summed E-state index contributed by atoms with van der Waals surface area (Å²) >= 11 is 0. The number of hydrogen-bond donors (Lipinski definition) is 1. The molecule has 1 N–H and O–H groups in total. The van der Waals surface area contributed by atoms with E-state index < -0.39 is 5.92 Å². The lowest BCUT2D eigenvalue weighted by Gasteiger charge is -2.09. The average Bonchev–Trinajstić information content (AvgIpc) is 3.03. The predicted molar refractivity (Wildman–Crippen MR) is 102 cm³/mol. The van der Waals surface area contributed by atoms with Crippen molar-refractivity contribution in [2.24, 2.45) is 0 Å². The largest absolute Gasteiger partial charge is 0.425 e. The van der Waals surface area contributed by atoms with E-state index in [4.69, 9.17) is 4.74 Å². The third-order valence-corrected chi connectivity index (χ3v) is 4.66. The first kappa shape index (κ1) is 17.0. The first-order valence-electron chi connectivity index (χ1n) is 8.91. The van der Waals surface area contributed by atoms with E-state index >= 15 is 0 Å². The van der Waals surface area contributed by atoms with Gasteiger partial charge in [-0.15, -0.1) is 0 Å². The highest BCUT2D eigenvalue weighted by Crippen LogP contribution is 2.39. The number of carbonyl (C=O) groups excluding carboxylic acids is 2.